The predicted octanol–water partition coefficient (Wildman–Crippen LogP) is 3.19. The van der Waals surface area contributed by atoms with Crippen molar-refractivity contribution >= 4 is 28.4 Å². The molecule has 0 aliphatic heterocycles. The average Bonchev–Trinajstić information content (AvgIpc) is 2.94. The molecule has 3 aromatic rings. The molecule has 5 heteroatoms. The molecule has 4 nitrogen and oxygen atoms in total. The summed E-state index contributed by atoms with van der Waals surface area (Å²) >= 11 is 1.46. The molecule has 0 fully saturated rings. The summed E-state index contributed by atoms with van der Waals surface area (Å²) in [7, 11) is 0. The Balaban J connectivity index is 2.09. The zero-order valence-corrected chi connectivity index (χ0v) is 12.7. The number of pyridine rings is 1. The molecule has 21 heavy (non-hydrogen) atoms. The molecule has 0 unspecified atom stereocenters. The van der Waals surface area contributed by atoms with Gasteiger partial charge in [-0.05, 0) is 37.6 Å². The second kappa shape index (κ2) is 5.61. The van der Waals surface area contributed by atoms with Crippen LogP contribution in [-0.4, -0.2) is 14.4 Å². The Labute approximate surface area is 126 Å². The lowest BCUT2D eigenvalue weighted by Crippen LogP contribution is -2.19. The summed E-state index contributed by atoms with van der Waals surface area (Å²) in [5, 5.41) is 1.87. The van der Waals surface area contributed by atoms with Gasteiger partial charge in [0, 0.05) is 22.8 Å². The summed E-state index contributed by atoms with van der Waals surface area (Å²) in [5.74, 6) is 0. The molecule has 0 radical (unpaired) electrons. The molecule has 0 atom stereocenters. The van der Waals surface area contributed by atoms with Crippen molar-refractivity contribution in [2.75, 3.05) is 0 Å². The van der Waals surface area contributed by atoms with Crippen molar-refractivity contribution in [1.82, 2.24) is 14.4 Å². The van der Waals surface area contributed by atoms with Crippen molar-refractivity contribution in [1.29, 1.82) is 0 Å². The number of aryl methyl sites for hydroxylation is 1. The van der Waals surface area contributed by atoms with Crippen LogP contribution < -0.4 is 5.56 Å². The van der Waals surface area contributed by atoms with Crippen molar-refractivity contribution in [3.63, 3.8) is 0 Å². The van der Waals surface area contributed by atoms with E-state index in [-0.39, 0.29) is 5.56 Å². The van der Waals surface area contributed by atoms with Gasteiger partial charge in [0.2, 0.25) is 0 Å². The number of aromatic nitrogens is 3. The largest absolute Gasteiger partial charge is 0.269 e. The monoisotopic (exact) mass is 297 g/mol. The fourth-order valence-corrected chi connectivity index (χ4v) is 2.94. The number of thiazole rings is 1. The topological polar surface area (TPSA) is 47.3 Å². The summed E-state index contributed by atoms with van der Waals surface area (Å²) in [6.07, 6.45) is 6.20. The first-order valence-corrected chi connectivity index (χ1v) is 7.67. The van der Waals surface area contributed by atoms with Crippen molar-refractivity contribution < 1.29 is 0 Å². The first kappa shape index (κ1) is 13.7. The molecule has 0 spiro atoms. The maximum atomic E-state index is 12.4. The molecule has 106 valence electrons. The van der Waals surface area contributed by atoms with Crippen LogP contribution in [0.5, 0.6) is 0 Å². The Bertz CT molecular complexity index is 877. The normalized spacial score (nSPS) is 11.5. The summed E-state index contributed by atoms with van der Waals surface area (Å²) in [6, 6.07) is 5.86. The third kappa shape index (κ3) is 2.64. The van der Waals surface area contributed by atoms with E-state index < -0.39 is 0 Å². The van der Waals surface area contributed by atoms with Crippen LogP contribution in [-0.2, 0) is 6.42 Å². The fourth-order valence-electron chi connectivity index (χ4n) is 2.22. The molecular weight excluding hydrogens is 282 g/mol. The summed E-state index contributed by atoms with van der Waals surface area (Å²) < 4.78 is 1.60. The van der Waals surface area contributed by atoms with Gasteiger partial charge in [0.15, 0.2) is 4.96 Å². The van der Waals surface area contributed by atoms with Crippen LogP contribution in [0, 0.1) is 6.92 Å². The maximum absolute atomic E-state index is 12.4. The van der Waals surface area contributed by atoms with E-state index in [1.807, 2.05) is 49.6 Å². The highest BCUT2D eigenvalue weighted by atomic mass is 32.1. The molecule has 0 N–H and O–H groups in total. The van der Waals surface area contributed by atoms with E-state index in [4.69, 9.17) is 0 Å². The van der Waals surface area contributed by atoms with Crippen LogP contribution in [0.1, 0.15) is 29.6 Å². The number of fused-ring (bicyclic) bond motifs is 1. The number of nitrogens with zero attached hydrogens (tertiary/aromatic N) is 3. The van der Waals surface area contributed by atoms with Gasteiger partial charge < -0.3 is 0 Å². The second-order valence-corrected chi connectivity index (χ2v) is 5.60. The summed E-state index contributed by atoms with van der Waals surface area (Å²) in [6.45, 7) is 3.93. The summed E-state index contributed by atoms with van der Waals surface area (Å²) in [5.41, 5.74) is 3.31. The van der Waals surface area contributed by atoms with Gasteiger partial charge in [0.25, 0.3) is 5.56 Å². The van der Waals surface area contributed by atoms with Crippen molar-refractivity contribution in [3.05, 3.63) is 62.8 Å². The molecule has 0 bridgehead atoms. The molecule has 0 aliphatic carbocycles. The van der Waals surface area contributed by atoms with Gasteiger partial charge in [-0.1, -0.05) is 13.0 Å². The van der Waals surface area contributed by atoms with E-state index >= 15 is 0 Å². The van der Waals surface area contributed by atoms with E-state index in [9.17, 15) is 4.79 Å². The van der Waals surface area contributed by atoms with Gasteiger partial charge in [-0.3, -0.25) is 14.2 Å². The minimum Gasteiger partial charge on any atom is -0.269 e. The number of hydrogen-bond acceptors (Lipinski definition) is 4. The molecular formula is C16H15N3OS. The van der Waals surface area contributed by atoms with Gasteiger partial charge in [0.1, 0.15) is 0 Å². The Kier molecular flexibility index (Phi) is 3.66. The zero-order chi connectivity index (χ0) is 14.8. The van der Waals surface area contributed by atoms with E-state index in [0.717, 1.165) is 22.6 Å². The Morgan fingerprint density at radius 3 is 2.90 bits per heavy atom. The van der Waals surface area contributed by atoms with Gasteiger partial charge in [0.05, 0.1) is 11.4 Å². The first-order chi connectivity index (χ1) is 10.2. The molecule has 0 aromatic carbocycles. The van der Waals surface area contributed by atoms with Crippen molar-refractivity contribution in [2.45, 2.75) is 20.3 Å². The quantitative estimate of drug-likeness (QED) is 0.746. The highest BCUT2D eigenvalue weighted by molar-refractivity contribution is 7.15. The van der Waals surface area contributed by atoms with Gasteiger partial charge in [-0.25, -0.2) is 4.98 Å². The van der Waals surface area contributed by atoms with Crippen LogP contribution in [0.4, 0.5) is 0 Å². The van der Waals surface area contributed by atoms with Gasteiger partial charge in [-0.2, -0.15) is 0 Å². The zero-order valence-electron chi connectivity index (χ0n) is 11.9. The Hall–Kier alpha value is -2.27. The van der Waals surface area contributed by atoms with E-state index in [0.29, 0.717) is 11.4 Å². The average molecular weight is 297 g/mol. The third-order valence-electron chi connectivity index (χ3n) is 3.27. The SMILES string of the molecule is CCc1c(/C=C/c2cccc(C)n2)nc2sccn2c1=O. The molecule has 3 heterocycles. The highest BCUT2D eigenvalue weighted by Crippen LogP contribution is 2.13. The number of rotatable bonds is 3. The van der Waals surface area contributed by atoms with Crippen LogP contribution >= 0.6 is 11.3 Å². The molecule has 3 aromatic heterocycles. The minimum atomic E-state index is 0.0144. The minimum absolute atomic E-state index is 0.0144. The van der Waals surface area contributed by atoms with E-state index in [1.165, 1.54) is 11.3 Å². The van der Waals surface area contributed by atoms with E-state index in [2.05, 4.69) is 9.97 Å². The summed E-state index contributed by atoms with van der Waals surface area (Å²) in [4.78, 5) is 22.1. The van der Waals surface area contributed by atoms with Crippen LogP contribution in [0.2, 0.25) is 0 Å². The van der Waals surface area contributed by atoms with E-state index in [1.54, 1.807) is 10.6 Å². The maximum Gasteiger partial charge on any atom is 0.262 e. The molecule has 0 aliphatic rings. The Morgan fingerprint density at radius 2 is 2.14 bits per heavy atom. The standard InChI is InChI=1S/C16H15N3OS/c1-3-13-14(8-7-12-6-4-5-11(2)17-12)18-16-19(15(13)20)9-10-21-16/h4-10H,3H2,1-2H3/b8-7+. The Morgan fingerprint density at radius 1 is 1.29 bits per heavy atom. The lowest BCUT2D eigenvalue weighted by atomic mass is 10.1. The molecule has 3 rings (SSSR count). The second-order valence-electron chi connectivity index (χ2n) is 4.73. The predicted molar refractivity (Wildman–Crippen MR) is 86.6 cm³/mol. The smallest absolute Gasteiger partial charge is 0.262 e. The lowest BCUT2D eigenvalue weighted by Gasteiger charge is -2.03. The van der Waals surface area contributed by atoms with Gasteiger partial charge in [-0.15, -0.1) is 11.3 Å². The van der Waals surface area contributed by atoms with Crippen LogP contribution in [0.3, 0.4) is 0 Å². The molecule has 0 saturated heterocycles. The number of hydrogen-bond donors (Lipinski definition) is 0. The van der Waals surface area contributed by atoms with Gasteiger partial charge >= 0.3 is 0 Å². The third-order valence-corrected chi connectivity index (χ3v) is 4.02. The molecule has 0 saturated carbocycles. The molecule has 0 amide bonds. The fraction of sp³-hybridized carbons (Fsp3) is 0.188. The van der Waals surface area contributed by atoms with Crippen molar-refractivity contribution in [3.8, 4) is 0 Å². The van der Waals surface area contributed by atoms with Crippen LogP contribution in [0.25, 0.3) is 17.1 Å². The lowest BCUT2D eigenvalue weighted by molar-refractivity contribution is 0.976. The first-order valence-electron chi connectivity index (χ1n) is 6.79. The van der Waals surface area contributed by atoms with Crippen molar-refractivity contribution in [2.24, 2.45) is 0 Å². The highest BCUT2D eigenvalue weighted by Gasteiger charge is 2.09. The van der Waals surface area contributed by atoms with Crippen LogP contribution in [0.15, 0.2) is 34.6 Å².